The highest BCUT2D eigenvalue weighted by atomic mass is 79.9. The number of aliphatic hydroxyl groups excluding tert-OH is 1. The van der Waals surface area contributed by atoms with Crippen molar-refractivity contribution in [2.75, 3.05) is 25.1 Å². The average Bonchev–Trinajstić information content (AvgIpc) is 3.71. The molecule has 2 aromatic carbocycles. The molecule has 0 aromatic heterocycles. The molecule has 0 radical (unpaired) electrons. The Hall–Kier alpha value is -3.80. The van der Waals surface area contributed by atoms with E-state index in [9.17, 15) is 24.3 Å². The molecule has 3 fully saturated rings. The Balaban J connectivity index is 1.54. The number of nitrogens with zero attached hydrogens (tertiary/aromatic N) is 3. The molecule has 3 amide bonds. The van der Waals surface area contributed by atoms with Crippen LogP contribution in [0.4, 0.5) is 5.69 Å². The molecule has 0 aliphatic carbocycles. The first-order valence-electron chi connectivity index (χ1n) is 17.2. The quantitative estimate of drug-likeness (QED) is 0.163. The molecule has 9 atom stereocenters. The van der Waals surface area contributed by atoms with Gasteiger partial charge < -0.3 is 29.3 Å². The molecule has 268 valence electrons. The van der Waals surface area contributed by atoms with E-state index in [0.29, 0.717) is 24.1 Å². The first-order chi connectivity index (χ1) is 23.8. The number of allylic oxidation sites excluding steroid dienone is 1. The maximum absolute atomic E-state index is 14.9. The molecule has 0 saturated carbocycles. The lowest BCUT2D eigenvalue weighted by Crippen LogP contribution is -2.59. The van der Waals surface area contributed by atoms with Crippen molar-refractivity contribution >= 4 is 45.3 Å². The molecule has 1 spiro atoms. The van der Waals surface area contributed by atoms with Crippen LogP contribution in [0.3, 0.4) is 0 Å². The number of alkyl halides is 1. The van der Waals surface area contributed by atoms with Crippen molar-refractivity contribution < 1.29 is 33.8 Å². The topological polar surface area (TPSA) is 117 Å². The van der Waals surface area contributed by atoms with Crippen molar-refractivity contribution in [1.29, 1.82) is 0 Å². The Kier molecular flexibility index (Phi) is 11.4. The molecule has 2 aromatic rings. The van der Waals surface area contributed by atoms with Gasteiger partial charge in [-0.25, -0.2) is 0 Å². The third kappa shape index (κ3) is 6.44. The first-order valence-corrected chi connectivity index (χ1v) is 18.1. The summed E-state index contributed by atoms with van der Waals surface area (Å²) in [5.41, 5.74) is 1.81. The van der Waals surface area contributed by atoms with E-state index in [1.807, 2.05) is 69.3 Å². The van der Waals surface area contributed by atoms with E-state index in [-0.39, 0.29) is 36.2 Å². The second-order valence-corrected chi connectivity index (χ2v) is 14.9. The smallest absolute Gasteiger partial charge is 0.313 e. The van der Waals surface area contributed by atoms with E-state index in [1.54, 1.807) is 35.9 Å². The molecule has 1 unspecified atom stereocenters. The summed E-state index contributed by atoms with van der Waals surface area (Å²) in [6.07, 6.45) is 2.81. The van der Waals surface area contributed by atoms with Crippen LogP contribution in [-0.2, 0) is 28.7 Å². The van der Waals surface area contributed by atoms with Crippen LogP contribution in [0.25, 0.3) is 0 Å². The minimum atomic E-state index is -1.36. The van der Waals surface area contributed by atoms with Crippen LogP contribution in [0.1, 0.15) is 55.9 Å². The van der Waals surface area contributed by atoms with Gasteiger partial charge in [0.05, 0.1) is 36.6 Å². The zero-order valence-electron chi connectivity index (χ0n) is 29.5. The Bertz CT molecular complexity index is 1610. The van der Waals surface area contributed by atoms with Crippen LogP contribution in [0, 0.1) is 25.7 Å². The number of amides is 3. The summed E-state index contributed by atoms with van der Waals surface area (Å²) in [4.78, 5) is 61.4. The van der Waals surface area contributed by atoms with Crippen molar-refractivity contribution in [3.8, 4) is 0 Å². The largest absolute Gasteiger partial charge is 0.455 e. The summed E-state index contributed by atoms with van der Waals surface area (Å²) in [6.45, 7) is 14.8. The van der Waals surface area contributed by atoms with E-state index in [1.165, 1.54) is 4.90 Å². The lowest BCUT2D eigenvalue weighted by molar-refractivity contribution is -0.165. The fourth-order valence-electron chi connectivity index (χ4n) is 8.10. The van der Waals surface area contributed by atoms with Gasteiger partial charge >= 0.3 is 5.97 Å². The second-order valence-electron chi connectivity index (χ2n) is 13.8. The van der Waals surface area contributed by atoms with E-state index >= 15 is 0 Å². The van der Waals surface area contributed by atoms with Crippen LogP contribution in [-0.4, -0.2) is 93.5 Å². The van der Waals surface area contributed by atoms with E-state index in [4.69, 9.17) is 9.47 Å². The van der Waals surface area contributed by atoms with E-state index < -0.39 is 59.6 Å². The number of rotatable bonds is 14. The minimum absolute atomic E-state index is 0.119. The summed E-state index contributed by atoms with van der Waals surface area (Å²) in [5, 5.41) is 10.4. The van der Waals surface area contributed by atoms with Gasteiger partial charge in [-0.3, -0.25) is 19.2 Å². The summed E-state index contributed by atoms with van der Waals surface area (Å²) < 4.78 is 13.1. The second kappa shape index (κ2) is 15.2. The van der Waals surface area contributed by atoms with Gasteiger partial charge in [0.1, 0.15) is 17.7 Å². The highest BCUT2D eigenvalue weighted by Gasteiger charge is 2.77. The number of anilines is 1. The molecule has 1 N–H and O–H groups in total. The number of likely N-dealkylation sites (tertiary alicyclic amines) is 1. The zero-order valence-corrected chi connectivity index (χ0v) is 31.0. The zero-order chi connectivity index (χ0) is 36.5. The highest BCUT2D eigenvalue weighted by Crippen LogP contribution is 2.61. The molecule has 11 heteroatoms. The van der Waals surface area contributed by atoms with Gasteiger partial charge in [0.25, 0.3) is 5.91 Å². The number of fused-ring (bicyclic) bond motifs is 1. The van der Waals surface area contributed by atoms with Crippen molar-refractivity contribution in [2.45, 2.75) is 87.7 Å². The molecule has 3 aliphatic rings. The van der Waals surface area contributed by atoms with Crippen molar-refractivity contribution in [3.05, 3.63) is 90.5 Å². The third-order valence-electron chi connectivity index (χ3n) is 10.6. The number of likely N-dealkylation sites (N-methyl/N-ethyl adjacent to an activating group) is 1. The van der Waals surface area contributed by atoms with Gasteiger partial charge in [0.15, 0.2) is 0 Å². The maximum atomic E-state index is 14.9. The Morgan fingerprint density at radius 3 is 2.36 bits per heavy atom. The Labute approximate surface area is 303 Å². The first kappa shape index (κ1) is 37.5. The average molecular weight is 751 g/mol. The summed E-state index contributed by atoms with van der Waals surface area (Å²) in [6, 6.07) is 12.6. The van der Waals surface area contributed by atoms with Crippen LogP contribution < -0.4 is 4.90 Å². The maximum Gasteiger partial charge on any atom is 0.313 e. The molecular weight excluding hydrogens is 702 g/mol. The van der Waals surface area contributed by atoms with Gasteiger partial charge in [-0.05, 0) is 57.2 Å². The monoisotopic (exact) mass is 749 g/mol. The fraction of sp³-hybridized carbons (Fsp3) is 0.487. The predicted molar refractivity (Wildman–Crippen MR) is 195 cm³/mol. The summed E-state index contributed by atoms with van der Waals surface area (Å²) >= 11 is 3.73. The van der Waals surface area contributed by atoms with Gasteiger partial charge in [-0.15, -0.1) is 13.2 Å². The summed E-state index contributed by atoms with van der Waals surface area (Å²) in [7, 11) is 1.68. The molecule has 10 nitrogen and oxygen atoms in total. The van der Waals surface area contributed by atoms with Gasteiger partial charge in [-0.2, -0.15) is 0 Å². The number of benzene rings is 2. The van der Waals surface area contributed by atoms with Gasteiger partial charge in [0, 0.05) is 30.5 Å². The number of carbonyl (C=O) groups excluding carboxylic acids is 4. The third-order valence-corrected chi connectivity index (χ3v) is 11.5. The van der Waals surface area contributed by atoms with Crippen molar-refractivity contribution in [1.82, 2.24) is 9.80 Å². The number of esters is 1. The van der Waals surface area contributed by atoms with Crippen LogP contribution >= 0.6 is 15.9 Å². The normalized spacial score (nSPS) is 26.9. The molecule has 3 saturated heterocycles. The molecule has 2 bridgehead atoms. The number of hydrogen-bond donors (Lipinski definition) is 1. The fourth-order valence-corrected chi connectivity index (χ4v) is 9.04. The van der Waals surface area contributed by atoms with E-state index in [2.05, 4.69) is 29.1 Å². The molecule has 3 aliphatic heterocycles. The number of hydrogen-bond acceptors (Lipinski definition) is 7. The van der Waals surface area contributed by atoms with Crippen LogP contribution in [0.15, 0.2) is 73.8 Å². The number of halogens is 1. The molecule has 5 rings (SSSR count). The highest BCUT2D eigenvalue weighted by molar-refractivity contribution is 9.09. The number of carbonyl (C=O) groups is 4. The number of para-hydroxylation sites is 1. The lowest BCUT2D eigenvalue weighted by atomic mass is 9.70. The van der Waals surface area contributed by atoms with E-state index in [0.717, 1.165) is 11.1 Å². The number of aryl methyl sites for hydroxylation is 2. The van der Waals surface area contributed by atoms with Crippen molar-refractivity contribution in [2.24, 2.45) is 11.8 Å². The number of aliphatic hydroxyl groups is 1. The molecule has 50 heavy (non-hydrogen) atoms. The molecule has 3 heterocycles. The Morgan fingerprint density at radius 2 is 1.76 bits per heavy atom. The number of ether oxygens (including phenoxy) is 2. The van der Waals surface area contributed by atoms with Crippen LogP contribution in [0.5, 0.6) is 0 Å². The SMILES string of the molecule is C=CCCC(=O)N(C)[C@H](C)[C@H](OC(=O)[C@@H]1[C@H]2O[C@@]3(CC2Br)[C@H](C(=O)N(CC=C)c2c(C)cccc2C)N([C@H](C)CO)C(=O)[C@@H]13)c1ccccc1. The van der Waals surface area contributed by atoms with Crippen molar-refractivity contribution in [3.63, 3.8) is 0 Å². The van der Waals surface area contributed by atoms with Gasteiger partial charge in [0.2, 0.25) is 11.8 Å². The Morgan fingerprint density at radius 1 is 1.10 bits per heavy atom. The standard InChI is InChI=1S/C39H48BrN3O7/c1-8-10-19-29(45)41(7)26(6)33(27-17-12-11-13-18-27)49-38(48)30-31-36(46)43(25(5)22-44)35(39(31)21-28(40)34(30)50-39)37(47)42(20-9-2)32-23(3)15-14-16-24(32)4/h8-9,11-18,25-26,28,30-31,33-35,44H,1-2,10,19-22H2,3-7H3/t25-,26-,28?,30+,31-,33+,34+,35+,39-/m1/s1. The van der Waals surface area contributed by atoms with Crippen LogP contribution in [0.2, 0.25) is 0 Å². The summed E-state index contributed by atoms with van der Waals surface area (Å²) in [5.74, 6) is -3.64. The minimum Gasteiger partial charge on any atom is -0.455 e. The lowest BCUT2D eigenvalue weighted by Gasteiger charge is -2.39. The van der Waals surface area contributed by atoms with Gasteiger partial charge in [-0.1, -0.05) is 76.6 Å². The predicted octanol–water partition coefficient (Wildman–Crippen LogP) is 5.05. The molecular formula is C39H48BrN3O7.